The summed E-state index contributed by atoms with van der Waals surface area (Å²) >= 11 is 0. The Labute approximate surface area is 101 Å². The Balaban J connectivity index is 2.54. The van der Waals surface area contributed by atoms with Crippen LogP contribution in [0.15, 0.2) is 0 Å². The molecule has 1 aliphatic carbocycles. The molecule has 0 fully saturated rings. The molecule has 1 atom stereocenters. The third-order valence-corrected chi connectivity index (χ3v) is 3.18. The summed E-state index contributed by atoms with van der Waals surface area (Å²) in [5.41, 5.74) is -0.330. The highest BCUT2D eigenvalue weighted by Gasteiger charge is 2.40. The molecule has 1 aromatic heterocycles. The number of carbonyl (C=O) groups is 1. The zero-order valence-corrected chi connectivity index (χ0v) is 9.79. The number of aliphatic carboxylic acids is 1. The number of carboxylic acid groups (broad SMARTS) is 1. The second-order valence-corrected chi connectivity index (χ2v) is 4.55. The van der Waals surface area contributed by atoms with Crippen molar-refractivity contribution >= 4 is 5.97 Å². The minimum Gasteiger partial charge on any atom is -0.480 e. The van der Waals surface area contributed by atoms with E-state index in [4.69, 9.17) is 5.11 Å². The van der Waals surface area contributed by atoms with Gasteiger partial charge in [-0.1, -0.05) is 6.92 Å². The van der Waals surface area contributed by atoms with Gasteiger partial charge in [0.15, 0.2) is 5.69 Å². The molecule has 100 valence electrons. The molecule has 0 unspecified atom stereocenters. The predicted molar refractivity (Wildman–Crippen MR) is 56.2 cm³/mol. The van der Waals surface area contributed by atoms with Gasteiger partial charge in [0.2, 0.25) is 0 Å². The van der Waals surface area contributed by atoms with E-state index in [0.29, 0.717) is 18.5 Å². The second-order valence-electron chi connectivity index (χ2n) is 4.55. The zero-order chi connectivity index (χ0) is 13.5. The summed E-state index contributed by atoms with van der Waals surface area (Å²) in [6.45, 7) is 1.28. The van der Waals surface area contributed by atoms with Crippen LogP contribution in [0.3, 0.4) is 0 Å². The maximum absolute atomic E-state index is 12.8. The van der Waals surface area contributed by atoms with Crippen molar-refractivity contribution in [2.75, 3.05) is 0 Å². The number of nitrogens with zero attached hydrogens (tertiary/aromatic N) is 2. The molecule has 7 heteroatoms. The van der Waals surface area contributed by atoms with Gasteiger partial charge in [0.1, 0.15) is 6.54 Å². The molecule has 0 bridgehead atoms. The number of carboxylic acids is 1. The first-order chi connectivity index (χ1) is 8.30. The normalized spacial score (nSPS) is 19.7. The van der Waals surface area contributed by atoms with Crippen LogP contribution in [-0.2, 0) is 23.9 Å². The molecule has 1 aliphatic rings. The van der Waals surface area contributed by atoms with E-state index in [1.54, 1.807) is 6.92 Å². The average Bonchev–Trinajstić information content (AvgIpc) is 2.57. The van der Waals surface area contributed by atoms with Crippen LogP contribution in [-0.4, -0.2) is 20.9 Å². The summed E-state index contributed by atoms with van der Waals surface area (Å²) < 4.78 is 39.5. The summed E-state index contributed by atoms with van der Waals surface area (Å²) in [6, 6.07) is 0. The van der Waals surface area contributed by atoms with Gasteiger partial charge in [-0.25, -0.2) is 0 Å². The molecule has 0 radical (unpaired) electrons. The lowest BCUT2D eigenvalue weighted by Gasteiger charge is -2.20. The fraction of sp³-hybridized carbons (Fsp3) is 0.636. The van der Waals surface area contributed by atoms with Crippen molar-refractivity contribution in [2.45, 2.75) is 44.8 Å². The number of rotatable bonds is 2. The van der Waals surface area contributed by atoms with E-state index in [2.05, 4.69) is 5.10 Å². The van der Waals surface area contributed by atoms with Crippen LogP contribution in [0.5, 0.6) is 0 Å². The van der Waals surface area contributed by atoms with Crippen molar-refractivity contribution in [2.24, 2.45) is 0 Å². The topological polar surface area (TPSA) is 55.1 Å². The molecule has 0 saturated heterocycles. The van der Waals surface area contributed by atoms with Crippen molar-refractivity contribution < 1.29 is 23.1 Å². The van der Waals surface area contributed by atoms with Gasteiger partial charge in [0, 0.05) is 11.3 Å². The molecular weight excluding hydrogens is 249 g/mol. The van der Waals surface area contributed by atoms with Gasteiger partial charge in [0.25, 0.3) is 0 Å². The van der Waals surface area contributed by atoms with Gasteiger partial charge >= 0.3 is 12.1 Å². The summed E-state index contributed by atoms with van der Waals surface area (Å²) in [7, 11) is 0. The Bertz CT molecular complexity index is 479. The van der Waals surface area contributed by atoms with Crippen LogP contribution in [0.2, 0.25) is 0 Å². The van der Waals surface area contributed by atoms with Crippen LogP contribution in [0.25, 0.3) is 0 Å². The van der Waals surface area contributed by atoms with Crippen molar-refractivity contribution in [1.29, 1.82) is 0 Å². The molecule has 0 spiro atoms. The SMILES string of the molecule is C[C@@H]1CCCc2c(C(F)(F)F)nn(CC(=O)O)c21. The largest absolute Gasteiger partial charge is 0.480 e. The van der Waals surface area contributed by atoms with E-state index >= 15 is 0 Å². The monoisotopic (exact) mass is 262 g/mol. The lowest BCUT2D eigenvalue weighted by atomic mass is 9.87. The Hall–Kier alpha value is -1.53. The molecule has 0 saturated carbocycles. The highest BCUT2D eigenvalue weighted by molar-refractivity contribution is 5.66. The standard InChI is InChI=1S/C11H13F3N2O2/c1-6-3-2-4-7-9(6)16(5-8(17)18)15-10(7)11(12,13)14/h6H,2-5H2,1H3,(H,17,18)/t6-/m1/s1. The van der Waals surface area contributed by atoms with Crippen LogP contribution >= 0.6 is 0 Å². The number of alkyl halides is 3. The fourth-order valence-corrected chi connectivity index (χ4v) is 2.51. The summed E-state index contributed by atoms with van der Waals surface area (Å²) in [4.78, 5) is 10.7. The van der Waals surface area contributed by atoms with Crippen LogP contribution in [0, 0.1) is 0 Å². The van der Waals surface area contributed by atoms with E-state index in [9.17, 15) is 18.0 Å². The van der Waals surface area contributed by atoms with Gasteiger partial charge in [-0.05, 0) is 25.2 Å². The van der Waals surface area contributed by atoms with Gasteiger partial charge in [-0.3, -0.25) is 9.48 Å². The number of hydrogen-bond donors (Lipinski definition) is 1. The summed E-state index contributed by atoms with van der Waals surface area (Å²) in [5, 5.41) is 12.2. The van der Waals surface area contributed by atoms with E-state index in [1.165, 1.54) is 0 Å². The summed E-state index contributed by atoms with van der Waals surface area (Å²) in [6.07, 6.45) is -2.77. The highest BCUT2D eigenvalue weighted by atomic mass is 19.4. The number of halogens is 3. The van der Waals surface area contributed by atoms with Crippen LogP contribution < -0.4 is 0 Å². The third kappa shape index (κ3) is 2.21. The zero-order valence-electron chi connectivity index (χ0n) is 9.79. The number of hydrogen-bond acceptors (Lipinski definition) is 2. The van der Waals surface area contributed by atoms with Crippen LogP contribution in [0.4, 0.5) is 13.2 Å². The van der Waals surface area contributed by atoms with Gasteiger partial charge in [-0.2, -0.15) is 18.3 Å². The molecule has 1 N–H and O–H groups in total. The van der Waals surface area contributed by atoms with E-state index < -0.39 is 24.4 Å². The predicted octanol–water partition coefficient (Wildman–Crippen LogP) is 2.43. The molecule has 1 heterocycles. The molecule has 0 amide bonds. The maximum Gasteiger partial charge on any atom is 0.435 e. The van der Waals surface area contributed by atoms with Crippen LogP contribution in [0.1, 0.15) is 42.6 Å². The number of aromatic nitrogens is 2. The molecule has 0 aromatic carbocycles. The van der Waals surface area contributed by atoms with Gasteiger partial charge < -0.3 is 5.11 Å². The molecule has 18 heavy (non-hydrogen) atoms. The molecule has 2 rings (SSSR count). The van der Waals surface area contributed by atoms with E-state index in [1.807, 2.05) is 0 Å². The minimum absolute atomic E-state index is 0.0864. The van der Waals surface area contributed by atoms with Crippen molar-refractivity contribution in [3.8, 4) is 0 Å². The van der Waals surface area contributed by atoms with Gasteiger partial charge in [0.05, 0.1) is 0 Å². The van der Waals surface area contributed by atoms with Gasteiger partial charge in [-0.15, -0.1) is 0 Å². The average molecular weight is 262 g/mol. The molecule has 1 aromatic rings. The first-order valence-corrected chi connectivity index (χ1v) is 5.69. The maximum atomic E-state index is 12.8. The first kappa shape index (κ1) is 12.9. The second kappa shape index (κ2) is 4.29. The van der Waals surface area contributed by atoms with Crippen molar-refractivity contribution in [3.63, 3.8) is 0 Å². The lowest BCUT2D eigenvalue weighted by molar-refractivity contribution is -0.143. The Morgan fingerprint density at radius 2 is 2.22 bits per heavy atom. The fourth-order valence-electron chi connectivity index (χ4n) is 2.51. The van der Waals surface area contributed by atoms with E-state index in [-0.39, 0.29) is 11.5 Å². The Kier molecular flexibility index (Phi) is 3.08. The van der Waals surface area contributed by atoms with Crippen molar-refractivity contribution in [3.05, 3.63) is 17.0 Å². The van der Waals surface area contributed by atoms with Crippen molar-refractivity contribution in [1.82, 2.24) is 9.78 Å². The third-order valence-electron chi connectivity index (χ3n) is 3.18. The Morgan fingerprint density at radius 1 is 1.56 bits per heavy atom. The lowest BCUT2D eigenvalue weighted by Crippen LogP contribution is -2.17. The smallest absolute Gasteiger partial charge is 0.435 e. The molecular formula is C11H13F3N2O2. The summed E-state index contributed by atoms with van der Waals surface area (Å²) in [5.74, 6) is -1.27. The minimum atomic E-state index is -4.52. The molecule has 0 aliphatic heterocycles. The number of fused-ring (bicyclic) bond motifs is 1. The Morgan fingerprint density at radius 3 is 2.78 bits per heavy atom. The van der Waals surface area contributed by atoms with E-state index in [0.717, 1.165) is 11.1 Å². The highest BCUT2D eigenvalue weighted by Crippen LogP contribution is 2.39. The first-order valence-electron chi connectivity index (χ1n) is 5.69. The quantitative estimate of drug-likeness (QED) is 0.890. The molecule has 4 nitrogen and oxygen atoms in total.